The van der Waals surface area contributed by atoms with Crippen molar-refractivity contribution in [2.75, 3.05) is 0 Å². The van der Waals surface area contributed by atoms with Gasteiger partial charge in [0.25, 0.3) is 5.91 Å². The zero-order valence-electron chi connectivity index (χ0n) is 9.71. The summed E-state index contributed by atoms with van der Waals surface area (Å²) in [6, 6.07) is 2.48. The lowest BCUT2D eigenvalue weighted by atomic mass is 10.2. The summed E-state index contributed by atoms with van der Waals surface area (Å²) >= 11 is 8.70. The third kappa shape index (κ3) is 3.30. The number of nitrogens with one attached hydrogen (secondary N) is 1. The van der Waals surface area contributed by atoms with Gasteiger partial charge in [0.2, 0.25) is 5.89 Å². The Hall–Kier alpha value is -1.47. The first-order chi connectivity index (χ1) is 8.97. The minimum absolute atomic E-state index is 0.0520. The number of benzene rings is 1. The SMILES string of the molecule is Cc1noc(CNC(=O)c2cc(Cl)cc(F)c2Br)n1. The van der Waals surface area contributed by atoms with Crippen LogP contribution >= 0.6 is 27.5 Å². The van der Waals surface area contributed by atoms with Crippen LogP contribution in [0.25, 0.3) is 0 Å². The van der Waals surface area contributed by atoms with Gasteiger partial charge in [0.1, 0.15) is 5.82 Å². The molecule has 0 spiro atoms. The first-order valence-electron chi connectivity index (χ1n) is 5.19. The van der Waals surface area contributed by atoms with Crippen molar-refractivity contribution in [3.05, 3.63) is 44.7 Å². The highest BCUT2D eigenvalue weighted by Gasteiger charge is 2.15. The van der Waals surface area contributed by atoms with E-state index in [4.69, 9.17) is 16.1 Å². The highest BCUT2D eigenvalue weighted by atomic mass is 79.9. The number of carbonyl (C=O) groups is 1. The number of nitrogens with zero attached hydrogens (tertiary/aromatic N) is 2. The Labute approximate surface area is 121 Å². The van der Waals surface area contributed by atoms with Crippen LogP contribution in [0, 0.1) is 12.7 Å². The number of amides is 1. The second-order valence-corrected chi connectivity index (χ2v) is 4.90. The van der Waals surface area contributed by atoms with Crippen LogP contribution in [-0.2, 0) is 6.54 Å². The largest absolute Gasteiger partial charge is 0.343 e. The number of hydrogen-bond donors (Lipinski definition) is 1. The molecule has 1 aromatic heterocycles. The fourth-order valence-corrected chi connectivity index (χ4v) is 2.00. The fraction of sp³-hybridized carbons (Fsp3) is 0.182. The van der Waals surface area contributed by atoms with E-state index in [-0.39, 0.29) is 27.5 Å². The number of hydrogen-bond acceptors (Lipinski definition) is 4. The molecule has 1 aromatic carbocycles. The summed E-state index contributed by atoms with van der Waals surface area (Å²) < 4.78 is 18.3. The van der Waals surface area contributed by atoms with Crippen LogP contribution in [-0.4, -0.2) is 16.0 Å². The normalized spacial score (nSPS) is 10.5. The summed E-state index contributed by atoms with van der Waals surface area (Å²) in [6.07, 6.45) is 0. The molecular formula is C11H8BrClFN3O2. The number of carbonyl (C=O) groups excluding carboxylic acids is 1. The van der Waals surface area contributed by atoms with Gasteiger partial charge >= 0.3 is 0 Å². The van der Waals surface area contributed by atoms with E-state index in [0.717, 1.165) is 6.07 Å². The van der Waals surface area contributed by atoms with Crippen molar-refractivity contribution in [3.8, 4) is 0 Å². The molecule has 1 N–H and O–H groups in total. The van der Waals surface area contributed by atoms with Gasteiger partial charge in [-0.1, -0.05) is 16.8 Å². The molecule has 5 nitrogen and oxygen atoms in total. The van der Waals surface area contributed by atoms with E-state index in [1.165, 1.54) is 6.07 Å². The molecule has 0 unspecified atom stereocenters. The molecule has 2 rings (SSSR count). The minimum atomic E-state index is -0.605. The van der Waals surface area contributed by atoms with Crippen molar-refractivity contribution >= 4 is 33.4 Å². The second-order valence-electron chi connectivity index (χ2n) is 3.67. The van der Waals surface area contributed by atoms with Crippen molar-refractivity contribution in [1.29, 1.82) is 0 Å². The number of rotatable bonds is 3. The molecular weight excluding hydrogens is 340 g/mol. The topological polar surface area (TPSA) is 68.0 Å². The molecule has 0 aliphatic rings. The average molecular weight is 349 g/mol. The molecule has 1 amide bonds. The van der Waals surface area contributed by atoms with Crippen molar-refractivity contribution in [1.82, 2.24) is 15.5 Å². The van der Waals surface area contributed by atoms with E-state index < -0.39 is 11.7 Å². The lowest BCUT2D eigenvalue weighted by molar-refractivity contribution is 0.0945. The molecule has 2 aromatic rings. The summed E-state index contributed by atoms with van der Waals surface area (Å²) in [7, 11) is 0. The van der Waals surface area contributed by atoms with Gasteiger partial charge in [-0.3, -0.25) is 4.79 Å². The lowest BCUT2D eigenvalue weighted by Crippen LogP contribution is -2.23. The molecule has 0 aliphatic carbocycles. The third-order valence-corrected chi connectivity index (χ3v) is 3.23. The Balaban J connectivity index is 2.12. The molecule has 0 bridgehead atoms. The number of aryl methyl sites for hydroxylation is 1. The molecule has 0 aliphatic heterocycles. The maximum atomic E-state index is 13.4. The predicted molar refractivity (Wildman–Crippen MR) is 69.3 cm³/mol. The average Bonchev–Trinajstić information content (AvgIpc) is 2.76. The minimum Gasteiger partial charge on any atom is -0.343 e. The number of aromatic nitrogens is 2. The van der Waals surface area contributed by atoms with E-state index in [0.29, 0.717) is 5.82 Å². The summed E-state index contributed by atoms with van der Waals surface area (Å²) in [6.45, 7) is 1.72. The van der Waals surface area contributed by atoms with Crippen LogP contribution in [0.1, 0.15) is 22.1 Å². The third-order valence-electron chi connectivity index (χ3n) is 2.21. The van der Waals surface area contributed by atoms with Crippen LogP contribution in [0.15, 0.2) is 21.1 Å². The zero-order valence-corrected chi connectivity index (χ0v) is 12.0. The van der Waals surface area contributed by atoms with Crippen molar-refractivity contribution < 1.29 is 13.7 Å². The maximum absolute atomic E-state index is 13.4. The Morgan fingerprint density at radius 3 is 2.95 bits per heavy atom. The zero-order chi connectivity index (χ0) is 14.0. The molecule has 19 heavy (non-hydrogen) atoms. The van der Waals surface area contributed by atoms with E-state index in [2.05, 4.69) is 31.4 Å². The molecule has 0 fully saturated rings. The van der Waals surface area contributed by atoms with Gasteiger partial charge in [-0.05, 0) is 35.0 Å². The molecule has 0 saturated carbocycles. The highest BCUT2D eigenvalue weighted by Crippen LogP contribution is 2.25. The molecule has 0 saturated heterocycles. The fourth-order valence-electron chi connectivity index (χ4n) is 1.38. The second kappa shape index (κ2) is 5.66. The van der Waals surface area contributed by atoms with Gasteiger partial charge in [-0.15, -0.1) is 0 Å². The van der Waals surface area contributed by atoms with E-state index in [1.54, 1.807) is 6.92 Å². The number of halogens is 3. The van der Waals surface area contributed by atoms with Gasteiger partial charge in [0, 0.05) is 5.02 Å². The van der Waals surface area contributed by atoms with Gasteiger partial charge in [0.15, 0.2) is 5.82 Å². The first-order valence-corrected chi connectivity index (χ1v) is 6.36. The van der Waals surface area contributed by atoms with E-state index >= 15 is 0 Å². The highest BCUT2D eigenvalue weighted by molar-refractivity contribution is 9.10. The molecule has 100 valence electrons. The Bertz CT molecular complexity index is 632. The van der Waals surface area contributed by atoms with E-state index in [1.807, 2.05) is 0 Å². The Morgan fingerprint density at radius 1 is 1.58 bits per heavy atom. The van der Waals surface area contributed by atoms with Crippen LogP contribution in [0.3, 0.4) is 0 Å². The van der Waals surface area contributed by atoms with Crippen molar-refractivity contribution in [3.63, 3.8) is 0 Å². The van der Waals surface area contributed by atoms with Gasteiger partial charge in [-0.25, -0.2) is 4.39 Å². The summed E-state index contributed by atoms with van der Waals surface area (Å²) in [4.78, 5) is 15.8. The smallest absolute Gasteiger partial charge is 0.253 e. The van der Waals surface area contributed by atoms with Crippen LogP contribution in [0.5, 0.6) is 0 Å². The van der Waals surface area contributed by atoms with Crippen molar-refractivity contribution in [2.45, 2.75) is 13.5 Å². The lowest BCUT2D eigenvalue weighted by Gasteiger charge is -2.06. The monoisotopic (exact) mass is 347 g/mol. The van der Waals surface area contributed by atoms with Crippen LogP contribution in [0.4, 0.5) is 4.39 Å². The van der Waals surface area contributed by atoms with Crippen LogP contribution in [0.2, 0.25) is 5.02 Å². The molecule has 1 heterocycles. The van der Waals surface area contributed by atoms with E-state index in [9.17, 15) is 9.18 Å². The van der Waals surface area contributed by atoms with Gasteiger partial charge in [-0.2, -0.15) is 4.98 Å². The first kappa shape index (κ1) is 14.0. The molecule has 0 atom stereocenters. The summed E-state index contributed by atoms with van der Waals surface area (Å²) in [5.41, 5.74) is 0.0984. The predicted octanol–water partition coefficient (Wildman–Crippen LogP) is 2.86. The van der Waals surface area contributed by atoms with Gasteiger partial charge in [0.05, 0.1) is 16.6 Å². The Morgan fingerprint density at radius 2 is 2.32 bits per heavy atom. The summed E-state index contributed by atoms with van der Waals surface area (Å²) in [5.74, 6) is -0.362. The molecule has 0 radical (unpaired) electrons. The quantitative estimate of drug-likeness (QED) is 0.866. The maximum Gasteiger partial charge on any atom is 0.253 e. The Kier molecular flexibility index (Phi) is 4.16. The van der Waals surface area contributed by atoms with Crippen molar-refractivity contribution in [2.24, 2.45) is 0 Å². The molecule has 8 heteroatoms. The standard InChI is InChI=1S/C11H8BrClFN3O2/c1-5-16-9(19-17-5)4-15-11(18)7-2-6(13)3-8(14)10(7)12/h2-3H,4H2,1H3,(H,15,18). The van der Waals surface area contributed by atoms with Gasteiger partial charge < -0.3 is 9.84 Å². The summed E-state index contributed by atoms with van der Waals surface area (Å²) in [5, 5.41) is 6.26. The van der Waals surface area contributed by atoms with Crippen LogP contribution < -0.4 is 5.32 Å².